The number of hydrogen-bond donors (Lipinski definition) is 0. The first-order chi connectivity index (χ1) is 14.4. The average molecular weight is 434 g/mol. The zero-order chi connectivity index (χ0) is 21.7. The minimum atomic E-state index is -0.714. The predicted molar refractivity (Wildman–Crippen MR) is 110 cm³/mol. The first-order valence-electron chi connectivity index (χ1n) is 9.25. The number of esters is 1. The van der Waals surface area contributed by atoms with E-state index in [4.69, 9.17) is 9.47 Å². The maximum atomic E-state index is 14.0. The van der Waals surface area contributed by atoms with Gasteiger partial charge in [-0.15, -0.1) is 11.3 Å². The van der Waals surface area contributed by atoms with E-state index in [1.807, 2.05) is 0 Å². The van der Waals surface area contributed by atoms with Gasteiger partial charge in [0.2, 0.25) is 5.91 Å². The van der Waals surface area contributed by atoms with Crippen LogP contribution in [0.1, 0.15) is 24.8 Å². The molecule has 0 N–H and O–H groups in total. The number of benzene rings is 2. The van der Waals surface area contributed by atoms with E-state index in [0.29, 0.717) is 16.4 Å². The molecule has 1 aromatic heterocycles. The van der Waals surface area contributed by atoms with Gasteiger partial charge in [0.1, 0.15) is 22.4 Å². The molecule has 9 heteroatoms. The monoisotopic (exact) mass is 434 g/mol. The van der Waals surface area contributed by atoms with Crippen LogP contribution in [-0.4, -0.2) is 30.6 Å². The molecule has 0 radical (unpaired) electrons. The number of nitrogens with zero attached hydrogens (tertiary/aromatic N) is 2. The van der Waals surface area contributed by atoms with E-state index in [9.17, 15) is 18.4 Å². The smallest absolute Gasteiger partial charge is 0.306 e. The number of carbonyl (C=O) groups is 2. The van der Waals surface area contributed by atoms with Gasteiger partial charge in [0.15, 0.2) is 0 Å². The standard InChI is InChI=1S/C21H20F2N2O4S/c1-3-29-20(27)9-8-19(26)25(14-4-6-15(28-2)7-5-14)12-18-24-17-11-13(22)10-16(23)21(17)30-18/h4-7,10-11H,3,8-9,12H2,1-2H3. The van der Waals surface area contributed by atoms with E-state index in [1.54, 1.807) is 31.2 Å². The molecule has 6 nitrogen and oxygen atoms in total. The van der Waals surface area contributed by atoms with Gasteiger partial charge in [0, 0.05) is 24.2 Å². The highest BCUT2D eigenvalue weighted by molar-refractivity contribution is 7.18. The van der Waals surface area contributed by atoms with E-state index >= 15 is 0 Å². The molecule has 158 valence electrons. The molecule has 0 fully saturated rings. The van der Waals surface area contributed by atoms with Crippen molar-refractivity contribution in [1.29, 1.82) is 0 Å². The van der Waals surface area contributed by atoms with Crippen LogP contribution in [0, 0.1) is 11.6 Å². The zero-order valence-electron chi connectivity index (χ0n) is 16.5. The van der Waals surface area contributed by atoms with Crippen molar-refractivity contribution < 1.29 is 27.8 Å². The van der Waals surface area contributed by atoms with Gasteiger partial charge in [-0.05, 0) is 31.2 Å². The van der Waals surface area contributed by atoms with Gasteiger partial charge in [0.25, 0.3) is 0 Å². The van der Waals surface area contributed by atoms with Gasteiger partial charge >= 0.3 is 5.97 Å². The number of fused-ring (bicyclic) bond motifs is 1. The van der Waals surface area contributed by atoms with Crippen molar-refractivity contribution in [3.05, 3.63) is 53.0 Å². The van der Waals surface area contributed by atoms with Crippen LogP contribution in [-0.2, 0) is 20.9 Å². The van der Waals surface area contributed by atoms with Gasteiger partial charge in [-0.1, -0.05) is 0 Å². The summed E-state index contributed by atoms with van der Waals surface area (Å²) in [6, 6.07) is 8.76. The van der Waals surface area contributed by atoms with Crippen LogP contribution in [0.25, 0.3) is 10.2 Å². The van der Waals surface area contributed by atoms with Crippen molar-refractivity contribution in [3.63, 3.8) is 0 Å². The van der Waals surface area contributed by atoms with E-state index < -0.39 is 17.6 Å². The molecule has 0 saturated heterocycles. The molecule has 0 aliphatic rings. The van der Waals surface area contributed by atoms with Crippen LogP contribution >= 0.6 is 11.3 Å². The number of halogens is 2. The molecule has 3 rings (SSSR count). The quantitative estimate of drug-likeness (QED) is 0.490. The fourth-order valence-electron chi connectivity index (χ4n) is 2.87. The molecule has 0 atom stereocenters. The molecule has 2 aromatic carbocycles. The highest BCUT2D eigenvalue weighted by Crippen LogP contribution is 2.29. The Kier molecular flexibility index (Phi) is 6.94. The predicted octanol–water partition coefficient (Wildman–Crippen LogP) is 4.46. The van der Waals surface area contributed by atoms with Crippen molar-refractivity contribution in [2.45, 2.75) is 26.3 Å². The third kappa shape index (κ3) is 5.10. The third-order valence-corrected chi connectivity index (χ3v) is 5.34. The molecular formula is C21H20F2N2O4S. The molecule has 30 heavy (non-hydrogen) atoms. The van der Waals surface area contributed by atoms with Crippen molar-refractivity contribution >= 4 is 39.1 Å². The molecule has 3 aromatic rings. The first-order valence-corrected chi connectivity index (χ1v) is 10.1. The van der Waals surface area contributed by atoms with Gasteiger partial charge in [-0.3, -0.25) is 9.59 Å². The fourth-order valence-corrected chi connectivity index (χ4v) is 3.81. The summed E-state index contributed by atoms with van der Waals surface area (Å²) in [6.45, 7) is 1.98. The van der Waals surface area contributed by atoms with Crippen LogP contribution in [0.4, 0.5) is 14.5 Å². The van der Waals surface area contributed by atoms with E-state index in [1.165, 1.54) is 12.0 Å². The molecular weight excluding hydrogens is 414 g/mol. The number of amides is 1. The Morgan fingerprint density at radius 2 is 1.87 bits per heavy atom. The molecule has 0 aliphatic carbocycles. The Morgan fingerprint density at radius 1 is 1.13 bits per heavy atom. The number of ether oxygens (including phenoxy) is 2. The summed E-state index contributed by atoms with van der Waals surface area (Å²) in [5.74, 6) is -1.57. The van der Waals surface area contributed by atoms with Crippen LogP contribution in [0.2, 0.25) is 0 Å². The summed E-state index contributed by atoms with van der Waals surface area (Å²) in [7, 11) is 1.53. The lowest BCUT2D eigenvalue weighted by Gasteiger charge is -2.22. The molecule has 1 amide bonds. The summed E-state index contributed by atoms with van der Waals surface area (Å²) in [5, 5.41) is 0.440. The SMILES string of the molecule is CCOC(=O)CCC(=O)N(Cc1nc2cc(F)cc(F)c2s1)c1ccc(OC)cc1. The first kappa shape index (κ1) is 21.6. The number of carbonyl (C=O) groups excluding carboxylic acids is 2. The van der Waals surface area contributed by atoms with Gasteiger partial charge in [0.05, 0.1) is 36.9 Å². The van der Waals surface area contributed by atoms with Crippen molar-refractivity contribution in [2.75, 3.05) is 18.6 Å². The number of anilines is 1. The fraction of sp³-hybridized carbons (Fsp3) is 0.286. The Bertz CT molecular complexity index is 1050. The van der Waals surface area contributed by atoms with Gasteiger partial charge in [-0.25, -0.2) is 13.8 Å². The Hall–Kier alpha value is -3.07. The molecule has 0 aliphatic heterocycles. The lowest BCUT2D eigenvalue weighted by atomic mass is 10.2. The summed E-state index contributed by atoms with van der Waals surface area (Å²) < 4.78 is 37.8. The highest BCUT2D eigenvalue weighted by Gasteiger charge is 2.20. The molecule has 0 unspecified atom stereocenters. The Labute approximate surface area is 176 Å². The van der Waals surface area contributed by atoms with Crippen molar-refractivity contribution in [1.82, 2.24) is 4.98 Å². The minimum Gasteiger partial charge on any atom is -0.497 e. The van der Waals surface area contributed by atoms with Crippen LogP contribution in [0.5, 0.6) is 5.75 Å². The number of thiazole rings is 1. The normalized spacial score (nSPS) is 10.8. The number of hydrogen-bond acceptors (Lipinski definition) is 6. The van der Waals surface area contributed by atoms with Crippen LogP contribution in [0.3, 0.4) is 0 Å². The van der Waals surface area contributed by atoms with Gasteiger partial charge in [-0.2, -0.15) is 0 Å². The lowest BCUT2D eigenvalue weighted by molar-refractivity contribution is -0.144. The maximum Gasteiger partial charge on any atom is 0.306 e. The Balaban J connectivity index is 1.87. The number of rotatable bonds is 8. The van der Waals surface area contributed by atoms with E-state index in [2.05, 4.69) is 4.98 Å². The van der Waals surface area contributed by atoms with Gasteiger partial charge < -0.3 is 14.4 Å². The van der Waals surface area contributed by atoms with Crippen LogP contribution < -0.4 is 9.64 Å². The summed E-state index contributed by atoms with van der Waals surface area (Å²) in [6.07, 6.45) is -0.113. The number of aromatic nitrogens is 1. The van der Waals surface area contributed by atoms with E-state index in [0.717, 1.165) is 23.5 Å². The third-order valence-electron chi connectivity index (χ3n) is 4.28. The zero-order valence-corrected chi connectivity index (χ0v) is 17.3. The second-order valence-corrected chi connectivity index (χ2v) is 7.41. The average Bonchev–Trinajstić information content (AvgIpc) is 3.13. The number of methoxy groups -OCH3 is 1. The topological polar surface area (TPSA) is 68.7 Å². The maximum absolute atomic E-state index is 14.0. The van der Waals surface area contributed by atoms with E-state index in [-0.39, 0.29) is 42.1 Å². The Morgan fingerprint density at radius 3 is 2.53 bits per heavy atom. The molecule has 0 saturated carbocycles. The highest BCUT2D eigenvalue weighted by atomic mass is 32.1. The summed E-state index contributed by atoms with van der Waals surface area (Å²) >= 11 is 1.05. The summed E-state index contributed by atoms with van der Waals surface area (Å²) in [5.41, 5.74) is 0.761. The molecule has 0 bridgehead atoms. The van der Waals surface area contributed by atoms with Crippen molar-refractivity contribution in [3.8, 4) is 5.75 Å². The van der Waals surface area contributed by atoms with Crippen molar-refractivity contribution in [2.24, 2.45) is 0 Å². The van der Waals surface area contributed by atoms with Crippen LogP contribution in [0.15, 0.2) is 36.4 Å². The molecule has 0 spiro atoms. The summed E-state index contributed by atoms with van der Waals surface area (Å²) in [4.78, 5) is 30.2. The second-order valence-electron chi connectivity index (χ2n) is 6.33. The molecule has 1 heterocycles. The largest absolute Gasteiger partial charge is 0.497 e. The lowest BCUT2D eigenvalue weighted by Crippen LogP contribution is -2.30. The minimum absolute atomic E-state index is 0.0500. The second kappa shape index (κ2) is 9.62.